The van der Waals surface area contributed by atoms with Crippen LogP contribution < -0.4 is 0 Å². The van der Waals surface area contributed by atoms with Gasteiger partial charge in [0.25, 0.3) is 0 Å². The molecule has 2 rings (SSSR count). The van der Waals surface area contributed by atoms with Crippen molar-refractivity contribution < 1.29 is 14.3 Å². The Morgan fingerprint density at radius 1 is 1.21 bits per heavy atom. The van der Waals surface area contributed by atoms with Gasteiger partial charge in [0.05, 0.1) is 5.02 Å². The van der Waals surface area contributed by atoms with Crippen LogP contribution in [0.2, 0.25) is 5.02 Å². The number of pyridine rings is 2. The number of carboxylic acid groups (broad SMARTS) is 1. The first kappa shape index (κ1) is 13.0. The van der Waals surface area contributed by atoms with Gasteiger partial charge in [0.1, 0.15) is 0 Å². The van der Waals surface area contributed by atoms with Gasteiger partial charge in [0.2, 0.25) is 0 Å². The molecule has 19 heavy (non-hydrogen) atoms. The third kappa shape index (κ3) is 3.27. The van der Waals surface area contributed by atoms with E-state index in [9.17, 15) is 9.18 Å². The Morgan fingerprint density at radius 3 is 2.47 bits per heavy atom. The number of aromatic nitrogens is 2. The standard InChI is InChI=1S/C13H6ClFN2O2/c14-10-3-8(5-16-7-10)1-2-9-4-11(15)12(13(18)19)17-6-9/h3-7H,(H,18,19). The average molecular weight is 277 g/mol. The van der Waals surface area contributed by atoms with Crippen molar-refractivity contribution in [3.05, 3.63) is 58.4 Å². The number of nitrogens with zero attached hydrogens (tertiary/aromatic N) is 2. The number of carboxylic acids is 1. The van der Waals surface area contributed by atoms with E-state index >= 15 is 0 Å². The summed E-state index contributed by atoms with van der Waals surface area (Å²) in [5.41, 5.74) is 0.202. The van der Waals surface area contributed by atoms with Crippen LogP contribution in [0.5, 0.6) is 0 Å². The highest BCUT2D eigenvalue weighted by atomic mass is 35.5. The highest BCUT2D eigenvalue weighted by Crippen LogP contribution is 2.09. The van der Waals surface area contributed by atoms with Crippen LogP contribution in [0.25, 0.3) is 0 Å². The molecule has 0 aliphatic heterocycles. The second kappa shape index (κ2) is 5.46. The van der Waals surface area contributed by atoms with E-state index in [-0.39, 0.29) is 5.56 Å². The van der Waals surface area contributed by atoms with E-state index in [4.69, 9.17) is 16.7 Å². The highest BCUT2D eigenvalue weighted by Gasteiger charge is 2.11. The van der Waals surface area contributed by atoms with Crippen LogP contribution in [-0.4, -0.2) is 21.0 Å². The summed E-state index contributed by atoms with van der Waals surface area (Å²) in [5, 5.41) is 9.08. The summed E-state index contributed by atoms with van der Waals surface area (Å²) in [6.07, 6.45) is 4.17. The molecule has 0 spiro atoms. The van der Waals surface area contributed by atoms with Crippen molar-refractivity contribution in [2.45, 2.75) is 0 Å². The van der Waals surface area contributed by atoms with Crippen molar-refractivity contribution in [2.75, 3.05) is 0 Å². The first-order valence-electron chi connectivity index (χ1n) is 5.07. The minimum atomic E-state index is -1.42. The minimum absolute atomic E-state index is 0.266. The van der Waals surface area contributed by atoms with Gasteiger partial charge in [-0.3, -0.25) is 4.98 Å². The Morgan fingerprint density at radius 2 is 1.89 bits per heavy atom. The van der Waals surface area contributed by atoms with Crippen molar-refractivity contribution in [3.8, 4) is 11.8 Å². The largest absolute Gasteiger partial charge is 0.476 e. The van der Waals surface area contributed by atoms with Crippen LogP contribution in [0.1, 0.15) is 21.6 Å². The van der Waals surface area contributed by atoms with Crippen LogP contribution >= 0.6 is 11.6 Å². The zero-order chi connectivity index (χ0) is 13.8. The van der Waals surface area contributed by atoms with Gasteiger partial charge in [-0.15, -0.1) is 0 Å². The van der Waals surface area contributed by atoms with Gasteiger partial charge in [0.15, 0.2) is 11.5 Å². The monoisotopic (exact) mass is 276 g/mol. The molecule has 94 valence electrons. The zero-order valence-corrected chi connectivity index (χ0v) is 10.1. The third-order valence-corrected chi connectivity index (χ3v) is 2.31. The Balaban J connectivity index is 2.30. The fraction of sp³-hybridized carbons (Fsp3) is 0. The van der Waals surface area contributed by atoms with Gasteiger partial charge in [-0.05, 0) is 12.1 Å². The Kier molecular flexibility index (Phi) is 3.74. The molecule has 2 aromatic rings. The van der Waals surface area contributed by atoms with Gasteiger partial charge in [-0.25, -0.2) is 14.2 Å². The molecule has 0 unspecified atom stereocenters. The Labute approximate surface area is 112 Å². The average Bonchev–Trinajstić information content (AvgIpc) is 2.36. The van der Waals surface area contributed by atoms with Crippen molar-refractivity contribution in [2.24, 2.45) is 0 Å². The lowest BCUT2D eigenvalue weighted by molar-refractivity contribution is 0.0685. The third-order valence-electron chi connectivity index (χ3n) is 2.10. The van der Waals surface area contributed by atoms with E-state index in [1.807, 2.05) is 0 Å². The lowest BCUT2D eigenvalue weighted by atomic mass is 10.2. The maximum atomic E-state index is 13.3. The van der Waals surface area contributed by atoms with E-state index in [0.717, 1.165) is 6.07 Å². The molecule has 0 amide bonds. The molecule has 4 nitrogen and oxygen atoms in total. The van der Waals surface area contributed by atoms with Crippen molar-refractivity contribution >= 4 is 17.6 Å². The first-order chi connectivity index (χ1) is 9.06. The molecular weight excluding hydrogens is 271 g/mol. The predicted molar refractivity (Wildman–Crippen MR) is 66.4 cm³/mol. The smallest absolute Gasteiger partial charge is 0.357 e. The normalized spacial score (nSPS) is 9.58. The summed E-state index contributed by atoms with van der Waals surface area (Å²) in [7, 11) is 0. The molecule has 0 aliphatic rings. The van der Waals surface area contributed by atoms with Crippen molar-refractivity contribution in [1.29, 1.82) is 0 Å². The summed E-state index contributed by atoms with van der Waals surface area (Å²) in [6.45, 7) is 0. The summed E-state index contributed by atoms with van der Waals surface area (Å²) in [6, 6.07) is 2.62. The van der Waals surface area contributed by atoms with Gasteiger partial charge in [-0.1, -0.05) is 23.4 Å². The number of hydrogen-bond donors (Lipinski definition) is 1. The molecule has 0 aliphatic carbocycles. The summed E-state index contributed by atoms with van der Waals surface area (Å²) >= 11 is 5.74. The molecule has 0 saturated heterocycles. The molecule has 1 N–H and O–H groups in total. The molecule has 2 aromatic heterocycles. The highest BCUT2D eigenvalue weighted by molar-refractivity contribution is 6.30. The molecule has 0 aromatic carbocycles. The number of aromatic carboxylic acids is 1. The molecule has 0 fully saturated rings. The van der Waals surface area contributed by atoms with Crippen LogP contribution in [0.3, 0.4) is 0 Å². The van der Waals surface area contributed by atoms with Gasteiger partial charge in [0, 0.05) is 29.7 Å². The van der Waals surface area contributed by atoms with Crippen LogP contribution in [-0.2, 0) is 0 Å². The summed E-state index contributed by atoms with van der Waals surface area (Å²) < 4.78 is 13.3. The minimum Gasteiger partial charge on any atom is -0.476 e. The molecular formula is C13H6ClFN2O2. The number of halogens is 2. The fourth-order valence-corrected chi connectivity index (χ4v) is 1.46. The lowest BCUT2D eigenvalue weighted by Crippen LogP contribution is -2.04. The maximum absolute atomic E-state index is 13.3. The number of carbonyl (C=O) groups is 1. The van der Waals surface area contributed by atoms with E-state index in [2.05, 4.69) is 21.8 Å². The lowest BCUT2D eigenvalue weighted by Gasteiger charge is -1.96. The molecule has 0 atom stereocenters. The van der Waals surface area contributed by atoms with E-state index < -0.39 is 17.5 Å². The fourth-order valence-electron chi connectivity index (χ4n) is 1.29. The van der Waals surface area contributed by atoms with E-state index in [0.29, 0.717) is 10.6 Å². The summed E-state index contributed by atoms with van der Waals surface area (Å²) in [4.78, 5) is 17.9. The second-order valence-electron chi connectivity index (χ2n) is 3.50. The molecule has 0 bridgehead atoms. The van der Waals surface area contributed by atoms with E-state index in [1.165, 1.54) is 18.6 Å². The zero-order valence-electron chi connectivity index (χ0n) is 9.39. The van der Waals surface area contributed by atoms with Crippen molar-refractivity contribution in [1.82, 2.24) is 9.97 Å². The topological polar surface area (TPSA) is 63.1 Å². The quantitative estimate of drug-likeness (QED) is 0.812. The maximum Gasteiger partial charge on any atom is 0.357 e. The van der Waals surface area contributed by atoms with Crippen LogP contribution in [0, 0.1) is 17.7 Å². The van der Waals surface area contributed by atoms with Gasteiger partial charge in [-0.2, -0.15) is 0 Å². The molecule has 2 heterocycles. The van der Waals surface area contributed by atoms with Gasteiger partial charge < -0.3 is 5.11 Å². The van der Waals surface area contributed by atoms with Crippen LogP contribution in [0.4, 0.5) is 4.39 Å². The number of hydrogen-bond acceptors (Lipinski definition) is 3. The van der Waals surface area contributed by atoms with Gasteiger partial charge >= 0.3 is 5.97 Å². The SMILES string of the molecule is O=C(O)c1ncc(C#Cc2cncc(Cl)c2)cc1F. The summed E-state index contributed by atoms with van der Waals surface area (Å²) in [5.74, 6) is 3.03. The second-order valence-corrected chi connectivity index (χ2v) is 3.94. The molecule has 0 saturated carbocycles. The van der Waals surface area contributed by atoms with Crippen molar-refractivity contribution in [3.63, 3.8) is 0 Å². The first-order valence-corrected chi connectivity index (χ1v) is 5.45. The Hall–Kier alpha value is -2.45. The van der Waals surface area contributed by atoms with E-state index in [1.54, 1.807) is 6.07 Å². The number of rotatable bonds is 1. The molecule has 6 heteroatoms. The Bertz CT molecular complexity index is 707. The van der Waals surface area contributed by atoms with Crippen LogP contribution in [0.15, 0.2) is 30.7 Å². The predicted octanol–water partition coefficient (Wildman–Crippen LogP) is 2.37. The molecule has 0 radical (unpaired) electrons.